The predicted molar refractivity (Wildman–Crippen MR) is 233 cm³/mol. The molecule has 8 aromatic rings. The van der Waals surface area contributed by atoms with Crippen LogP contribution in [0.4, 0.5) is 11.4 Å². The van der Waals surface area contributed by atoms with Gasteiger partial charge in [0.1, 0.15) is 0 Å². The molecular weight excluding hydrogens is 669 g/mol. The van der Waals surface area contributed by atoms with Crippen molar-refractivity contribution >= 4 is 54.7 Å². The lowest BCUT2D eigenvalue weighted by Crippen LogP contribution is -2.29. The molecule has 0 bridgehead atoms. The quantitative estimate of drug-likeness (QED) is 0.134. The Morgan fingerprint density at radius 2 is 1.11 bits per heavy atom. The lowest BCUT2D eigenvalue weighted by atomic mass is 9.80. The molecule has 0 radical (unpaired) electrons. The van der Waals surface area contributed by atoms with Crippen LogP contribution in [0.5, 0.6) is 0 Å². The van der Waals surface area contributed by atoms with E-state index in [1.54, 1.807) is 0 Å². The minimum atomic E-state index is -0.0836. The van der Waals surface area contributed by atoms with E-state index in [1.165, 1.54) is 110 Å². The zero-order valence-electron chi connectivity index (χ0n) is 31.9. The Kier molecular flexibility index (Phi) is 7.52. The van der Waals surface area contributed by atoms with Crippen LogP contribution in [0.3, 0.4) is 0 Å². The summed E-state index contributed by atoms with van der Waals surface area (Å²) in [6.45, 7) is 9.21. The van der Waals surface area contributed by atoms with Gasteiger partial charge in [0.15, 0.2) is 0 Å². The molecule has 0 spiro atoms. The summed E-state index contributed by atoms with van der Waals surface area (Å²) in [5, 5.41) is 7.32. The number of aromatic nitrogens is 2. The van der Waals surface area contributed by atoms with E-state index in [1.807, 2.05) is 12.3 Å². The fraction of sp³-hybridized carbons (Fsp3) is 0.255. The Labute approximate surface area is 323 Å². The Hall–Kier alpha value is -5.74. The number of piperidine rings is 2. The number of pyridine rings is 2. The minimum Gasteiger partial charge on any atom is -0.372 e. The first-order valence-electron chi connectivity index (χ1n) is 20.5. The average Bonchev–Trinajstić information content (AvgIpc) is 3.48. The SMILES string of the molecule is CC1(C)c2ccccc2-c2ccc(-c3c4cc(N5CCCCC5)ccc4c(-c4ccc5ccc6cccnc6c5n4)c4cc(N5CCCCC5)ccc34)cc21. The third kappa shape index (κ3) is 5.18. The van der Waals surface area contributed by atoms with Gasteiger partial charge in [0.05, 0.1) is 16.7 Å². The van der Waals surface area contributed by atoms with Crippen LogP contribution in [0.1, 0.15) is 63.5 Å². The lowest BCUT2D eigenvalue weighted by molar-refractivity contribution is 0.578. The molecule has 2 aliphatic heterocycles. The van der Waals surface area contributed by atoms with Crippen molar-refractivity contribution in [3.05, 3.63) is 133 Å². The van der Waals surface area contributed by atoms with E-state index in [4.69, 9.17) is 9.97 Å². The Morgan fingerprint density at radius 1 is 0.491 bits per heavy atom. The van der Waals surface area contributed by atoms with Crippen LogP contribution in [0.15, 0.2) is 121 Å². The van der Waals surface area contributed by atoms with E-state index < -0.39 is 0 Å². The Morgan fingerprint density at radius 3 is 1.84 bits per heavy atom. The molecule has 4 nitrogen and oxygen atoms in total. The van der Waals surface area contributed by atoms with E-state index >= 15 is 0 Å². The van der Waals surface area contributed by atoms with Crippen LogP contribution in [-0.4, -0.2) is 36.1 Å². The summed E-state index contributed by atoms with van der Waals surface area (Å²) < 4.78 is 0. The van der Waals surface area contributed by atoms with E-state index in [-0.39, 0.29) is 5.41 Å². The van der Waals surface area contributed by atoms with Gasteiger partial charge in [-0.3, -0.25) is 4.98 Å². The molecule has 55 heavy (non-hydrogen) atoms. The zero-order valence-corrected chi connectivity index (χ0v) is 31.9. The van der Waals surface area contributed by atoms with Gasteiger partial charge in [0, 0.05) is 65.5 Å². The van der Waals surface area contributed by atoms with Crippen molar-refractivity contribution in [1.82, 2.24) is 9.97 Å². The zero-order chi connectivity index (χ0) is 36.7. The molecule has 6 aromatic carbocycles. The van der Waals surface area contributed by atoms with Crippen molar-refractivity contribution in [1.29, 1.82) is 0 Å². The van der Waals surface area contributed by atoms with Crippen LogP contribution in [-0.2, 0) is 5.41 Å². The largest absolute Gasteiger partial charge is 0.372 e. The van der Waals surface area contributed by atoms with Crippen molar-refractivity contribution in [3.63, 3.8) is 0 Å². The van der Waals surface area contributed by atoms with Crippen molar-refractivity contribution in [2.75, 3.05) is 36.0 Å². The molecular formula is C51H46N4. The van der Waals surface area contributed by atoms with Gasteiger partial charge in [-0.15, -0.1) is 0 Å². The molecule has 4 heterocycles. The summed E-state index contributed by atoms with van der Waals surface area (Å²) >= 11 is 0. The molecule has 4 heteroatoms. The molecule has 3 aliphatic rings. The van der Waals surface area contributed by atoms with Crippen molar-refractivity contribution < 1.29 is 0 Å². The van der Waals surface area contributed by atoms with Gasteiger partial charge in [0.2, 0.25) is 0 Å². The average molecular weight is 715 g/mol. The van der Waals surface area contributed by atoms with Gasteiger partial charge < -0.3 is 9.80 Å². The second-order valence-electron chi connectivity index (χ2n) is 16.6. The third-order valence-corrected chi connectivity index (χ3v) is 13.1. The van der Waals surface area contributed by atoms with Crippen molar-refractivity contribution in [2.45, 2.75) is 57.8 Å². The molecule has 0 atom stereocenters. The van der Waals surface area contributed by atoms with Crippen molar-refractivity contribution in [2.24, 2.45) is 0 Å². The fourth-order valence-electron chi connectivity index (χ4n) is 10.2. The van der Waals surface area contributed by atoms with E-state index in [0.29, 0.717) is 0 Å². The number of benzene rings is 6. The predicted octanol–water partition coefficient (Wildman–Crippen LogP) is 12.7. The minimum absolute atomic E-state index is 0.0836. The monoisotopic (exact) mass is 714 g/mol. The van der Waals surface area contributed by atoms with Gasteiger partial charge >= 0.3 is 0 Å². The van der Waals surface area contributed by atoms with Crippen LogP contribution in [0.2, 0.25) is 0 Å². The molecule has 0 amide bonds. The Bertz CT molecular complexity index is 2820. The topological polar surface area (TPSA) is 32.3 Å². The van der Waals surface area contributed by atoms with Crippen LogP contribution >= 0.6 is 0 Å². The second kappa shape index (κ2) is 12.7. The van der Waals surface area contributed by atoms with Crippen LogP contribution in [0.25, 0.3) is 76.9 Å². The molecule has 0 saturated carbocycles. The highest BCUT2D eigenvalue weighted by molar-refractivity contribution is 6.22. The van der Waals surface area contributed by atoms with E-state index in [0.717, 1.165) is 53.7 Å². The molecule has 0 N–H and O–H groups in total. The third-order valence-electron chi connectivity index (χ3n) is 13.1. The summed E-state index contributed by atoms with van der Waals surface area (Å²) in [5.41, 5.74) is 14.8. The Balaban J connectivity index is 1.23. The maximum absolute atomic E-state index is 5.53. The molecule has 1 aliphatic carbocycles. The number of nitrogens with zero attached hydrogens (tertiary/aromatic N) is 4. The van der Waals surface area contributed by atoms with Crippen LogP contribution in [0, 0.1) is 0 Å². The number of rotatable bonds is 4. The lowest BCUT2D eigenvalue weighted by Gasteiger charge is -2.30. The van der Waals surface area contributed by atoms with Crippen molar-refractivity contribution in [3.8, 4) is 33.5 Å². The van der Waals surface area contributed by atoms with Gasteiger partial charge in [-0.25, -0.2) is 4.98 Å². The molecule has 0 unspecified atom stereocenters. The highest BCUT2D eigenvalue weighted by Crippen LogP contribution is 2.52. The molecule has 2 fully saturated rings. The van der Waals surface area contributed by atoms with Crippen LogP contribution < -0.4 is 9.80 Å². The summed E-state index contributed by atoms with van der Waals surface area (Å²) in [7, 11) is 0. The maximum Gasteiger partial charge on any atom is 0.0972 e. The summed E-state index contributed by atoms with van der Waals surface area (Å²) in [6.07, 6.45) is 9.49. The van der Waals surface area contributed by atoms with E-state index in [2.05, 4.69) is 133 Å². The van der Waals surface area contributed by atoms with Gasteiger partial charge in [0.25, 0.3) is 0 Å². The first-order valence-corrected chi connectivity index (χ1v) is 20.5. The number of anilines is 2. The van der Waals surface area contributed by atoms with Gasteiger partial charge in [-0.1, -0.05) is 86.6 Å². The standard InChI is InChI=1S/C51H46N4/c1-51(2)44-14-6-5-13-38(44)39-21-17-35(30-45(39)51)47-40-22-19-37(55-28-9-4-10-29-55)32-43(40)48(41-23-20-36(31-42(41)47)54-26-7-3-8-27-54)46-24-18-34-16-15-33-12-11-25-52-49(33)50(34)53-46/h5-6,11-25,30-32H,3-4,7-10,26-29H2,1-2H3. The first kappa shape index (κ1) is 32.7. The molecule has 11 rings (SSSR count). The molecule has 270 valence electrons. The number of hydrogen-bond donors (Lipinski definition) is 0. The van der Waals surface area contributed by atoms with Gasteiger partial charge in [-0.2, -0.15) is 0 Å². The summed E-state index contributed by atoms with van der Waals surface area (Å²) in [4.78, 5) is 15.6. The smallest absolute Gasteiger partial charge is 0.0972 e. The number of hydrogen-bond acceptors (Lipinski definition) is 4. The highest BCUT2D eigenvalue weighted by atomic mass is 15.1. The van der Waals surface area contributed by atoms with Gasteiger partial charge in [-0.05, 0) is 136 Å². The molecule has 2 saturated heterocycles. The fourth-order valence-corrected chi connectivity index (χ4v) is 10.2. The maximum atomic E-state index is 5.53. The second-order valence-corrected chi connectivity index (χ2v) is 16.6. The normalized spacial score (nSPS) is 16.6. The van der Waals surface area contributed by atoms with E-state index in [9.17, 15) is 0 Å². The molecule has 2 aromatic heterocycles. The number of fused-ring (bicyclic) bond motifs is 8. The highest BCUT2D eigenvalue weighted by Gasteiger charge is 2.35. The summed E-state index contributed by atoms with van der Waals surface area (Å²) in [5.74, 6) is 0. The summed E-state index contributed by atoms with van der Waals surface area (Å²) in [6, 6.07) is 43.8. The first-order chi connectivity index (χ1) is 27.0.